The van der Waals surface area contributed by atoms with E-state index in [4.69, 9.17) is 37.9 Å². The van der Waals surface area contributed by atoms with Crippen LogP contribution in [0.2, 0.25) is 0 Å². The number of rotatable bonds is 8. The second-order valence-corrected chi connectivity index (χ2v) is 21.6. The summed E-state index contributed by atoms with van der Waals surface area (Å²) in [7, 11) is 0. The van der Waals surface area contributed by atoms with Gasteiger partial charge in [0.05, 0.1) is 38.1 Å². The lowest BCUT2D eigenvalue weighted by atomic mass is 9.44. The monoisotopic (exact) mass is 886 g/mol. The third kappa shape index (κ3) is 7.75. The van der Waals surface area contributed by atoms with Gasteiger partial charge in [-0.15, -0.1) is 0 Å². The molecule has 27 atom stereocenters. The zero-order chi connectivity index (χ0) is 44.2. The fraction of sp³-hybridized carbons (Fsp3) is 1.00. The molecular formula is C45H74O17. The Hall–Kier alpha value is -0.680. The molecule has 5 aliphatic heterocycles. The van der Waals surface area contributed by atoms with Crippen LogP contribution in [-0.4, -0.2) is 176 Å². The van der Waals surface area contributed by atoms with Gasteiger partial charge >= 0.3 is 0 Å². The molecule has 356 valence electrons. The Balaban J connectivity index is 0.791. The maximum atomic E-state index is 11.1. The van der Waals surface area contributed by atoms with Crippen LogP contribution in [0.15, 0.2) is 0 Å². The van der Waals surface area contributed by atoms with Gasteiger partial charge in [-0.2, -0.15) is 0 Å². The van der Waals surface area contributed by atoms with Gasteiger partial charge in [-0.3, -0.25) is 0 Å². The van der Waals surface area contributed by atoms with Crippen molar-refractivity contribution in [3.8, 4) is 0 Å². The SMILES string of the molecule is C[C@H]1CC[C@@]2(OC1)O[C@H]1C[C@H]3[C@@H]4CC[C@@H]5C[C@H](O[C@@H]6O[C@H](CO[C@@H]7O[C@H](CO[C@@H]8O[C@@H](C)[C@H](O)[C@@H](O)[C@H]8O)[C@@H](O)[C@H](O)[C@H]7O)[C@@H](O)[C@H](O)[C@H]6O)CC[C@]5(C)[C@H]4CC[C@]3(C)[C@H]1[C@@H]2C. The van der Waals surface area contributed by atoms with Gasteiger partial charge in [0.25, 0.3) is 0 Å². The van der Waals surface area contributed by atoms with E-state index >= 15 is 0 Å². The summed E-state index contributed by atoms with van der Waals surface area (Å²) in [5, 5.41) is 95.4. The van der Waals surface area contributed by atoms with Crippen LogP contribution in [-0.2, 0) is 37.9 Å². The third-order valence-corrected chi connectivity index (χ3v) is 18.2. The first kappa shape index (κ1) is 46.4. The molecule has 4 aliphatic carbocycles. The molecule has 62 heavy (non-hydrogen) atoms. The maximum Gasteiger partial charge on any atom is 0.186 e. The summed E-state index contributed by atoms with van der Waals surface area (Å²) < 4.78 is 48.5. The number of hydrogen-bond donors (Lipinski definition) is 9. The van der Waals surface area contributed by atoms with Gasteiger partial charge in [-0.25, -0.2) is 0 Å². The van der Waals surface area contributed by atoms with E-state index in [0.29, 0.717) is 41.4 Å². The minimum Gasteiger partial charge on any atom is -0.388 e. The summed E-state index contributed by atoms with van der Waals surface area (Å²) in [6, 6.07) is 0. The molecule has 5 heterocycles. The lowest BCUT2D eigenvalue weighted by Crippen LogP contribution is -2.62. The van der Waals surface area contributed by atoms with Gasteiger partial charge in [0.1, 0.15) is 67.1 Å². The topological polar surface area (TPSA) is 256 Å². The maximum absolute atomic E-state index is 11.1. The van der Waals surface area contributed by atoms with E-state index in [1.165, 1.54) is 26.2 Å². The predicted octanol–water partition coefficient (Wildman–Crippen LogP) is 0.294. The van der Waals surface area contributed by atoms with Crippen molar-refractivity contribution in [3.05, 3.63) is 0 Å². The smallest absolute Gasteiger partial charge is 0.186 e. The van der Waals surface area contributed by atoms with Crippen molar-refractivity contribution in [1.82, 2.24) is 0 Å². The minimum atomic E-state index is -1.75. The summed E-state index contributed by atoms with van der Waals surface area (Å²) in [5.41, 5.74) is 0.400. The number of fused-ring (bicyclic) bond motifs is 7. The van der Waals surface area contributed by atoms with Crippen molar-refractivity contribution < 1.29 is 83.9 Å². The lowest BCUT2D eigenvalue weighted by Gasteiger charge is -2.61. The van der Waals surface area contributed by atoms with Crippen molar-refractivity contribution in [2.45, 2.75) is 209 Å². The third-order valence-electron chi connectivity index (χ3n) is 18.2. The molecule has 4 saturated carbocycles. The Morgan fingerprint density at radius 1 is 0.565 bits per heavy atom. The van der Waals surface area contributed by atoms with Crippen molar-refractivity contribution >= 4 is 0 Å². The Morgan fingerprint density at radius 3 is 1.81 bits per heavy atom. The Labute approximate surface area is 364 Å². The summed E-state index contributed by atoms with van der Waals surface area (Å²) in [6.45, 7) is 11.1. The van der Waals surface area contributed by atoms with Gasteiger partial charge in [0, 0.05) is 12.3 Å². The molecule has 0 radical (unpaired) electrons. The first-order chi connectivity index (χ1) is 29.4. The van der Waals surface area contributed by atoms with Crippen molar-refractivity contribution in [2.75, 3.05) is 19.8 Å². The molecule has 0 aromatic carbocycles. The van der Waals surface area contributed by atoms with Crippen molar-refractivity contribution in [3.63, 3.8) is 0 Å². The first-order valence-electron chi connectivity index (χ1n) is 23.7. The minimum absolute atomic E-state index is 0.156. The van der Waals surface area contributed by atoms with E-state index in [-0.39, 0.29) is 23.0 Å². The second kappa shape index (κ2) is 17.4. The standard InChI is InChI=1S/C45H74O17/c1-19-8-13-45(57-16-19)20(2)30-27(62-45)15-26-24-7-6-22-14-23(9-11-43(22,4)25(24)10-12-44(26,30)5)59-42-39(54)36(51)33(48)29(61-42)18-56-41-38(53)35(50)32(47)28(60-41)17-55-40-37(52)34(49)31(46)21(3)58-40/h19-42,46-54H,6-18H2,1-5H3/t19-,20-,21-,22+,23+,24+,25-,26-,27-,28+,29+,30-,31-,32+,33+,34+,35-,36-,37+,38+,39+,40+,41+,42+,43-,44-,45+/m0/s1. The summed E-state index contributed by atoms with van der Waals surface area (Å²) >= 11 is 0. The van der Waals surface area contributed by atoms with Crippen LogP contribution in [0.5, 0.6) is 0 Å². The van der Waals surface area contributed by atoms with E-state index in [0.717, 1.165) is 51.6 Å². The average molecular weight is 887 g/mol. The normalized spacial score (nSPS) is 58.9. The van der Waals surface area contributed by atoms with Crippen LogP contribution in [0.1, 0.15) is 98.8 Å². The number of aliphatic hydroxyl groups is 9. The molecule has 17 heteroatoms. The molecule has 9 rings (SSSR count). The van der Waals surface area contributed by atoms with Crippen molar-refractivity contribution in [1.29, 1.82) is 0 Å². The highest BCUT2D eigenvalue weighted by Gasteiger charge is 2.69. The molecule has 17 nitrogen and oxygen atoms in total. The molecule has 1 spiro atoms. The number of aliphatic hydroxyl groups excluding tert-OH is 9. The van der Waals surface area contributed by atoms with Crippen LogP contribution < -0.4 is 0 Å². The largest absolute Gasteiger partial charge is 0.388 e. The average Bonchev–Trinajstić information content (AvgIpc) is 3.70. The Morgan fingerprint density at radius 2 is 1.16 bits per heavy atom. The zero-order valence-corrected chi connectivity index (χ0v) is 36.8. The number of ether oxygens (including phenoxy) is 8. The van der Waals surface area contributed by atoms with Crippen LogP contribution in [0, 0.1) is 52.3 Å². The second-order valence-electron chi connectivity index (χ2n) is 21.6. The summed E-state index contributed by atoms with van der Waals surface area (Å²) in [6.07, 6.45) is -11.5. The molecule has 5 saturated heterocycles. The van der Waals surface area contributed by atoms with Gasteiger partial charge < -0.3 is 83.9 Å². The number of hydrogen-bond acceptors (Lipinski definition) is 17. The molecular weight excluding hydrogens is 812 g/mol. The van der Waals surface area contributed by atoms with Crippen molar-refractivity contribution in [2.24, 2.45) is 52.3 Å². The molecule has 0 aromatic heterocycles. The quantitative estimate of drug-likeness (QED) is 0.149. The van der Waals surface area contributed by atoms with E-state index in [2.05, 4.69) is 27.7 Å². The molecule has 0 unspecified atom stereocenters. The van der Waals surface area contributed by atoms with Crippen LogP contribution in [0.4, 0.5) is 0 Å². The van der Waals surface area contributed by atoms with Gasteiger partial charge in [0.15, 0.2) is 24.7 Å². The van der Waals surface area contributed by atoms with Crippen LogP contribution in [0.3, 0.4) is 0 Å². The zero-order valence-electron chi connectivity index (χ0n) is 36.8. The highest BCUT2D eigenvalue weighted by Crippen LogP contribution is 2.71. The Kier molecular flexibility index (Phi) is 13.1. The van der Waals surface area contributed by atoms with E-state index in [1.54, 1.807) is 0 Å². The highest BCUT2D eigenvalue weighted by atomic mass is 16.7. The fourth-order valence-electron chi connectivity index (χ4n) is 14.4. The summed E-state index contributed by atoms with van der Waals surface area (Å²) in [5.74, 6) is 3.41. The van der Waals surface area contributed by atoms with Gasteiger partial charge in [0.2, 0.25) is 0 Å². The molecule has 9 fully saturated rings. The highest BCUT2D eigenvalue weighted by molar-refractivity contribution is 5.15. The molecule has 0 amide bonds. The fourth-order valence-corrected chi connectivity index (χ4v) is 14.4. The Bertz CT molecular complexity index is 1550. The van der Waals surface area contributed by atoms with Crippen LogP contribution >= 0.6 is 0 Å². The van der Waals surface area contributed by atoms with Crippen LogP contribution in [0.25, 0.3) is 0 Å². The lowest BCUT2D eigenvalue weighted by molar-refractivity contribution is -0.345. The summed E-state index contributed by atoms with van der Waals surface area (Å²) in [4.78, 5) is 0. The van der Waals surface area contributed by atoms with E-state index < -0.39 is 111 Å². The molecule has 9 aliphatic rings. The first-order valence-corrected chi connectivity index (χ1v) is 23.7. The molecule has 0 bridgehead atoms. The molecule has 9 N–H and O–H groups in total. The van der Waals surface area contributed by atoms with E-state index in [9.17, 15) is 46.0 Å². The predicted molar refractivity (Wildman–Crippen MR) is 214 cm³/mol. The van der Waals surface area contributed by atoms with E-state index in [1.807, 2.05) is 0 Å². The molecule has 0 aromatic rings. The van der Waals surface area contributed by atoms with Gasteiger partial charge in [-0.05, 0) is 111 Å². The van der Waals surface area contributed by atoms with Gasteiger partial charge in [-0.1, -0.05) is 27.7 Å².